The molecule has 1 aromatic rings. The van der Waals surface area contributed by atoms with Gasteiger partial charge in [-0.15, -0.1) is 0 Å². The molecule has 0 saturated heterocycles. The smallest absolute Gasteiger partial charge is 0.0741 e. The van der Waals surface area contributed by atoms with Gasteiger partial charge in [0.1, 0.15) is 0 Å². The molecule has 0 aliphatic heterocycles. The summed E-state index contributed by atoms with van der Waals surface area (Å²) in [5, 5.41) is 7.53. The van der Waals surface area contributed by atoms with Crippen molar-refractivity contribution in [3.05, 3.63) is 22.4 Å². The standard InChI is InChI=1S/C10H17NOS/c1-4-12-8(2)10(11-3)9-5-6-13-7-9/h5-8,10-11H,4H2,1-3H3. The Bertz CT molecular complexity index is 223. The average molecular weight is 199 g/mol. The van der Waals surface area contributed by atoms with E-state index >= 15 is 0 Å². The van der Waals surface area contributed by atoms with Crippen LogP contribution in [0.15, 0.2) is 16.8 Å². The summed E-state index contributed by atoms with van der Waals surface area (Å²) in [5.74, 6) is 0. The third-order valence-corrected chi connectivity index (χ3v) is 2.81. The Morgan fingerprint density at radius 1 is 1.62 bits per heavy atom. The van der Waals surface area contributed by atoms with Crippen LogP contribution in [0.2, 0.25) is 0 Å². The van der Waals surface area contributed by atoms with E-state index in [1.807, 2.05) is 14.0 Å². The van der Waals surface area contributed by atoms with Crippen LogP contribution in [-0.2, 0) is 4.74 Å². The van der Waals surface area contributed by atoms with Crippen molar-refractivity contribution >= 4 is 11.3 Å². The van der Waals surface area contributed by atoms with Crippen LogP contribution in [0.3, 0.4) is 0 Å². The summed E-state index contributed by atoms with van der Waals surface area (Å²) in [4.78, 5) is 0. The zero-order valence-corrected chi connectivity index (χ0v) is 9.23. The van der Waals surface area contributed by atoms with Crippen LogP contribution in [0.5, 0.6) is 0 Å². The van der Waals surface area contributed by atoms with E-state index in [1.165, 1.54) is 5.56 Å². The number of nitrogens with one attached hydrogen (secondary N) is 1. The van der Waals surface area contributed by atoms with Gasteiger partial charge in [-0.1, -0.05) is 0 Å². The molecule has 0 aromatic carbocycles. The van der Waals surface area contributed by atoms with Gasteiger partial charge in [-0.2, -0.15) is 11.3 Å². The maximum atomic E-state index is 5.56. The number of hydrogen-bond acceptors (Lipinski definition) is 3. The van der Waals surface area contributed by atoms with Crippen LogP contribution in [0, 0.1) is 0 Å². The van der Waals surface area contributed by atoms with Crippen LogP contribution in [0.25, 0.3) is 0 Å². The van der Waals surface area contributed by atoms with Crippen LogP contribution in [-0.4, -0.2) is 19.8 Å². The lowest BCUT2D eigenvalue weighted by molar-refractivity contribution is 0.0494. The molecule has 0 fully saturated rings. The minimum atomic E-state index is 0.226. The minimum Gasteiger partial charge on any atom is -0.377 e. The van der Waals surface area contributed by atoms with Crippen molar-refractivity contribution in [2.24, 2.45) is 0 Å². The molecule has 2 atom stereocenters. The van der Waals surface area contributed by atoms with E-state index in [-0.39, 0.29) is 6.10 Å². The molecule has 13 heavy (non-hydrogen) atoms. The topological polar surface area (TPSA) is 21.3 Å². The molecule has 0 saturated carbocycles. The largest absolute Gasteiger partial charge is 0.377 e. The number of thiophene rings is 1. The van der Waals surface area contributed by atoms with E-state index in [1.54, 1.807) is 11.3 Å². The third-order valence-electron chi connectivity index (χ3n) is 2.11. The van der Waals surface area contributed by atoms with E-state index in [4.69, 9.17) is 4.74 Å². The van der Waals surface area contributed by atoms with Crippen molar-refractivity contribution in [1.82, 2.24) is 5.32 Å². The molecule has 1 aromatic heterocycles. The van der Waals surface area contributed by atoms with Crippen molar-refractivity contribution in [3.63, 3.8) is 0 Å². The second-order valence-electron chi connectivity index (χ2n) is 2.98. The Hall–Kier alpha value is -0.380. The highest BCUT2D eigenvalue weighted by molar-refractivity contribution is 7.07. The Morgan fingerprint density at radius 2 is 2.38 bits per heavy atom. The molecule has 0 amide bonds. The fourth-order valence-electron chi connectivity index (χ4n) is 1.48. The number of hydrogen-bond donors (Lipinski definition) is 1. The van der Waals surface area contributed by atoms with Crippen molar-refractivity contribution in [2.45, 2.75) is 26.0 Å². The highest BCUT2D eigenvalue weighted by Gasteiger charge is 2.17. The predicted molar refractivity (Wildman–Crippen MR) is 57.2 cm³/mol. The first-order valence-corrected chi connectivity index (χ1v) is 5.54. The summed E-state index contributed by atoms with van der Waals surface area (Å²) in [6.07, 6.45) is 0.226. The summed E-state index contributed by atoms with van der Waals surface area (Å²) < 4.78 is 5.56. The van der Waals surface area contributed by atoms with Gasteiger partial charge < -0.3 is 10.1 Å². The van der Waals surface area contributed by atoms with Gasteiger partial charge >= 0.3 is 0 Å². The molecule has 0 spiro atoms. The van der Waals surface area contributed by atoms with Crippen molar-refractivity contribution < 1.29 is 4.74 Å². The minimum absolute atomic E-state index is 0.226. The fraction of sp³-hybridized carbons (Fsp3) is 0.600. The molecule has 0 aliphatic carbocycles. The molecule has 2 nitrogen and oxygen atoms in total. The zero-order chi connectivity index (χ0) is 9.68. The van der Waals surface area contributed by atoms with Crippen molar-refractivity contribution in [1.29, 1.82) is 0 Å². The van der Waals surface area contributed by atoms with Gasteiger partial charge in [-0.25, -0.2) is 0 Å². The fourth-order valence-corrected chi connectivity index (χ4v) is 2.18. The second-order valence-corrected chi connectivity index (χ2v) is 3.76. The van der Waals surface area contributed by atoms with Crippen LogP contribution >= 0.6 is 11.3 Å². The van der Waals surface area contributed by atoms with Gasteiger partial charge in [0.2, 0.25) is 0 Å². The van der Waals surface area contributed by atoms with Gasteiger partial charge in [0.15, 0.2) is 0 Å². The Morgan fingerprint density at radius 3 is 2.85 bits per heavy atom. The average Bonchev–Trinajstić information content (AvgIpc) is 2.59. The summed E-state index contributed by atoms with van der Waals surface area (Å²) in [6.45, 7) is 4.89. The molecule has 1 N–H and O–H groups in total. The third kappa shape index (κ3) is 2.79. The molecule has 1 rings (SSSR count). The highest BCUT2D eigenvalue weighted by Crippen LogP contribution is 2.20. The van der Waals surface area contributed by atoms with E-state index in [9.17, 15) is 0 Å². The monoisotopic (exact) mass is 199 g/mol. The normalized spacial score (nSPS) is 15.6. The first-order valence-electron chi connectivity index (χ1n) is 4.60. The lowest BCUT2D eigenvalue weighted by Gasteiger charge is -2.22. The summed E-state index contributed by atoms with van der Waals surface area (Å²) in [6, 6.07) is 2.45. The Balaban J connectivity index is 2.62. The maximum Gasteiger partial charge on any atom is 0.0741 e. The molecule has 1 heterocycles. The lowest BCUT2D eigenvalue weighted by atomic mass is 10.1. The van der Waals surface area contributed by atoms with Crippen LogP contribution < -0.4 is 5.32 Å². The van der Waals surface area contributed by atoms with Crippen LogP contribution in [0.4, 0.5) is 0 Å². The van der Waals surface area contributed by atoms with Gasteiger partial charge in [-0.05, 0) is 43.3 Å². The Kier molecular flexibility index (Phi) is 4.42. The number of rotatable bonds is 5. The molecule has 0 aliphatic rings. The maximum absolute atomic E-state index is 5.56. The van der Waals surface area contributed by atoms with E-state index in [0.29, 0.717) is 6.04 Å². The quantitative estimate of drug-likeness (QED) is 0.786. The zero-order valence-electron chi connectivity index (χ0n) is 8.41. The summed E-state index contributed by atoms with van der Waals surface area (Å²) >= 11 is 1.72. The predicted octanol–water partition coefficient (Wildman–Crippen LogP) is 2.43. The van der Waals surface area contributed by atoms with Gasteiger partial charge in [0.05, 0.1) is 12.1 Å². The van der Waals surface area contributed by atoms with Crippen LogP contribution in [0.1, 0.15) is 25.5 Å². The SMILES string of the molecule is CCOC(C)C(NC)c1ccsc1. The van der Waals surface area contributed by atoms with Gasteiger partial charge in [0, 0.05) is 6.61 Å². The van der Waals surface area contributed by atoms with Crippen molar-refractivity contribution in [3.8, 4) is 0 Å². The summed E-state index contributed by atoms with van der Waals surface area (Å²) in [7, 11) is 1.97. The van der Waals surface area contributed by atoms with Crippen molar-refractivity contribution in [2.75, 3.05) is 13.7 Å². The van der Waals surface area contributed by atoms with E-state index in [2.05, 4.69) is 29.1 Å². The molecule has 0 bridgehead atoms. The molecule has 0 radical (unpaired) electrons. The van der Waals surface area contributed by atoms with E-state index < -0.39 is 0 Å². The van der Waals surface area contributed by atoms with Gasteiger partial charge in [0.25, 0.3) is 0 Å². The first-order chi connectivity index (χ1) is 6.29. The van der Waals surface area contributed by atoms with Gasteiger partial charge in [-0.3, -0.25) is 0 Å². The second kappa shape index (κ2) is 5.37. The molecule has 2 unspecified atom stereocenters. The first kappa shape index (κ1) is 10.7. The molecule has 74 valence electrons. The highest BCUT2D eigenvalue weighted by atomic mass is 32.1. The number of likely N-dealkylation sites (N-methyl/N-ethyl adjacent to an activating group) is 1. The summed E-state index contributed by atoms with van der Waals surface area (Å²) in [5.41, 5.74) is 1.31. The Labute approximate surface area is 83.9 Å². The molecular weight excluding hydrogens is 182 g/mol. The molecule has 3 heteroatoms. The van der Waals surface area contributed by atoms with E-state index in [0.717, 1.165) is 6.61 Å². The number of ether oxygens (including phenoxy) is 1. The molecular formula is C10H17NOS. The lowest BCUT2D eigenvalue weighted by Crippen LogP contribution is -2.29.